The topological polar surface area (TPSA) is 114 Å². The Balaban J connectivity index is 1.82. The smallest absolute Gasteiger partial charge is 0.308 e. The third-order valence-corrected chi connectivity index (χ3v) is 4.64. The van der Waals surface area contributed by atoms with Crippen LogP contribution in [-0.2, 0) is 20.9 Å². The summed E-state index contributed by atoms with van der Waals surface area (Å²) in [5.74, 6) is -1.53. The van der Waals surface area contributed by atoms with Crippen molar-refractivity contribution in [2.75, 3.05) is 5.32 Å². The number of rotatable bonds is 5. The molecule has 0 radical (unpaired) electrons. The molecule has 2 aromatic rings. The average Bonchev–Trinajstić information content (AvgIpc) is 2.65. The Morgan fingerprint density at radius 1 is 1.07 bits per heavy atom. The molecule has 0 bridgehead atoms. The van der Waals surface area contributed by atoms with Gasteiger partial charge >= 0.3 is 5.97 Å². The molecular weight excluding hydrogens is 454 g/mol. The van der Waals surface area contributed by atoms with E-state index >= 15 is 0 Å². The first-order valence-corrected chi connectivity index (χ1v) is 9.72. The third kappa shape index (κ3) is 4.93. The quantitative estimate of drug-likeness (QED) is 0.267. The Kier molecular flexibility index (Phi) is 6.31. The Bertz CT molecular complexity index is 1090. The van der Waals surface area contributed by atoms with Crippen molar-refractivity contribution >= 4 is 50.9 Å². The Labute approximate surface area is 180 Å². The van der Waals surface area contributed by atoms with Gasteiger partial charge in [-0.15, -0.1) is 0 Å². The molecule has 9 heteroatoms. The number of ether oxygens (including phenoxy) is 1. The van der Waals surface area contributed by atoms with Crippen LogP contribution in [0.25, 0.3) is 5.57 Å². The maximum absolute atomic E-state index is 12.3. The van der Waals surface area contributed by atoms with Crippen molar-refractivity contribution in [2.24, 2.45) is 0 Å². The van der Waals surface area contributed by atoms with Crippen LogP contribution in [0.5, 0.6) is 5.75 Å². The fourth-order valence-electron chi connectivity index (χ4n) is 2.92. The van der Waals surface area contributed by atoms with Crippen molar-refractivity contribution < 1.29 is 23.9 Å². The minimum absolute atomic E-state index is 0.222. The number of hydrogen-bond donors (Lipinski definition) is 3. The zero-order valence-electron chi connectivity index (χ0n) is 16.2. The van der Waals surface area contributed by atoms with Crippen LogP contribution in [-0.4, -0.2) is 23.7 Å². The largest absolute Gasteiger partial charge is 0.424 e. The second-order valence-corrected chi connectivity index (χ2v) is 7.43. The van der Waals surface area contributed by atoms with Crippen molar-refractivity contribution in [2.45, 2.75) is 20.4 Å². The number of carbonyl (C=O) groups excluding carboxylic acids is 4. The lowest BCUT2D eigenvalue weighted by Crippen LogP contribution is -2.37. The molecule has 3 N–H and O–H groups in total. The SMILES string of the molecule is CC(=O)Nc1ccc(CN/C=C2\C(=O)NC(=O)c3ccc(Br)cc32)cc1OC(C)=O. The van der Waals surface area contributed by atoms with Gasteiger partial charge in [0.25, 0.3) is 11.8 Å². The van der Waals surface area contributed by atoms with E-state index in [1.165, 1.54) is 20.0 Å². The predicted molar refractivity (Wildman–Crippen MR) is 113 cm³/mol. The minimum Gasteiger partial charge on any atom is -0.424 e. The first kappa shape index (κ1) is 21.3. The molecule has 30 heavy (non-hydrogen) atoms. The van der Waals surface area contributed by atoms with E-state index < -0.39 is 17.8 Å². The fourth-order valence-corrected chi connectivity index (χ4v) is 3.28. The number of amides is 3. The van der Waals surface area contributed by atoms with Gasteiger partial charge < -0.3 is 15.4 Å². The Morgan fingerprint density at radius 2 is 1.83 bits per heavy atom. The van der Waals surface area contributed by atoms with Crippen LogP contribution in [0, 0.1) is 0 Å². The number of benzene rings is 2. The first-order chi connectivity index (χ1) is 14.2. The van der Waals surface area contributed by atoms with Crippen molar-refractivity contribution in [3.8, 4) is 5.75 Å². The summed E-state index contributed by atoms with van der Waals surface area (Å²) in [5, 5.41) is 7.95. The van der Waals surface area contributed by atoms with Crippen LogP contribution < -0.4 is 20.7 Å². The summed E-state index contributed by atoms with van der Waals surface area (Å²) in [6, 6.07) is 10.1. The maximum Gasteiger partial charge on any atom is 0.308 e. The van der Waals surface area contributed by atoms with Gasteiger partial charge in [-0.05, 0) is 35.9 Å². The van der Waals surface area contributed by atoms with E-state index in [0.717, 1.165) is 10.0 Å². The summed E-state index contributed by atoms with van der Waals surface area (Å²) in [4.78, 5) is 47.0. The summed E-state index contributed by atoms with van der Waals surface area (Å²) in [7, 11) is 0. The zero-order valence-corrected chi connectivity index (χ0v) is 17.8. The standard InChI is InChI=1S/C21H18BrN3O5/c1-11(26)24-18-6-3-13(7-19(18)30-12(2)27)9-23-10-17-16-8-14(22)4-5-15(16)20(28)25-21(17)29/h3-8,10,23H,9H2,1-2H3,(H,24,26)(H,25,28,29)/b17-10-. The molecule has 0 saturated heterocycles. The van der Waals surface area contributed by atoms with Crippen LogP contribution in [0.3, 0.4) is 0 Å². The highest BCUT2D eigenvalue weighted by atomic mass is 79.9. The molecule has 3 amide bonds. The van der Waals surface area contributed by atoms with Gasteiger partial charge in [0.1, 0.15) is 0 Å². The molecule has 3 rings (SSSR count). The summed E-state index contributed by atoms with van der Waals surface area (Å²) in [6.07, 6.45) is 1.53. The molecule has 0 fully saturated rings. The number of halogens is 1. The lowest BCUT2D eigenvalue weighted by molar-refractivity contribution is -0.132. The van der Waals surface area contributed by atoms with Crippen LogP contribution in [0.4, 0.5) is 5.69 Å². The first-order valence-electron chi connectivity index (χ1n) is 8.92. The Hall–Kier alpha value is -3.46. The molecule has 0 saturated carbocycles. The van der Waals surface area contributed by atoms with Crippen LogP contribution in [0.15, 0.2) is 47.1 Å². The van der Waals surface area contributed by atoms with Gasteiger partial charge in [-0.2, -0.15) is 0 Å². The van der Waals surface area contributed by atoms with E-state index in [4.69, 9.17) is 4.74 Å². The number of imide groups is 1. The molecule has 2 aromatic carbocycles. The number of carbonyl (C=O) groups is 4. The summed E-state index contributed by atoms with van der Waals surface area (Å²) in [5.41, 5.74) is 2.37. The molecular formula is C21H18BrN3O5. The number of fused-ring (bicyclic) bond motifs is 1. The van der Waals surface area contributed by atoms with E-state index in [0.29, 0.717) is 28.9 Å². The molecule has 1 heterocycles. The highest BCUT2D eigenvalue weighted by Gasteiger charge is 2.27. The molecule has 0 unspecified atom stereocenters. The molecule has 1 aliphatic rings. The molecule has 0 atom stereocenters. The van der Waals surface area contributed by atoms with Gasteiger partial charge in [-0.3, -0.25) is 24.5 Å². The minimum atomic E-state index is -0.514. The van der Waals surface area contributed by atoms with E-state index in [2.05, 4.69) is 31.9 Å². The number of hydrogen-bond acceptors (Lipinski definition) is 6. The molecule has 1 aliphatic heterocycles. The van der Waals surface area contributed by atoms with E-state index in [-0.39, 0.29) is 11.7 Å². The summed E-state index contributed by atoms with van der Waals surface area (Å²) < 4.78 is 5.91. The van der Waals surface area contributed by atoms with Gasteiger partial charge in [-0.1, -0.05) is 22.0 Å². The van der Waals surface area contributed by atoms with Crippen molar-refractivity contribution in [3.05, 3.63) is 63.8 Å². The predicted octanol–water partition coefficient (Wildman–Crippen LogP) is 2.73. The number of anilines is 1. The zero-order chi connectivity index (χ0) is 21.8. The molecule has 0 aromatic heterocycles. The summed E-state index contributed by atoms with van der Waals surface area (Å²) >= 11 is 3.35. The van der Waals surface area contributed by atoms with Crippen molar-refractivity contribution in [1.82, 2.24) is 10.6 Å². The average molecular weight is 472 g/mol. The van der Waals surface area contributed by atoms with Gasteiger partial charge in [0, 0.05) is 42.2 Å². The highest BCUT2D eigenvalue weighted by molar-refractivity contribution is 9.10. The van der Waals surface area contributed by atoms with Gasteiger partial charge in [-0.25, -0.2) is 0 Å². The van der Waals surface area contributed by atoms with E-state index in [9.17, 15) is 19.2 Å². The van der Waals surface area contributed by atoms with Gasteiger partial charge in [0.2, 0.25) is 5.91 Å². The van der Waals surface area contributed by atoms with Crippen molar-refractivity contribution in [1.29, 1.82) is 0 Å². The number of nitrogens with one attached hydrogen (secondary N) is 3. The molecule has 154 valence electrons. The summed E-state index contributed by atoms with van der Waals surface area (Å²) in [6.45, 7) is 2.93. The van der Waals surface area contributed by atoms with Crippen LogP contribution >= 0.6 is 15.9 Å². The fraction of sp³-hybridized carbons (Fsp3) is 0.143. The Morgan fingerprint density at radius 3 is 2.53 bits per heavy atom. The van der Waals surface area contributed by atoms with E-state index in [1.54, 1.807) is 36.4 Å². The maximum atomic E-state index is 12.3. The monoisotopic (exact) mass is 471 g/mol. The van der Waals surface area contributed by atoms with Gasteiger partial charge in [0.15, 0.2) is 5.75 Å². The lowest BCUT2D eigenvalue weighted by Gasteiger charge is -2.18. The van der Waals surface area contributed by atoms with E-state index in [1.807, 2.05) is 0 Å². The second kappa shape index (κ2) is 8.91. The normalized spacial score (nSPS) is 14.0. The molecule has 0 spiro atoms. The third-order valence-electron chi connectivity index (χ3n) is 4.15. The molecule has 0 aliphatic carbocycles. The second-order valence-electron chi connectivity index (χ2n) is 6.52. The van der Waals surface area contributed by atoms with Crippen LogP contribution in [0.2, 0.25) is 0 Å². The number of esters is 1. The lowest BCUT2D eigenvalue weighted by atomic mass is 9.95. The van der Waals surface area contributed by atoms with Crippen LogP contribution in [0.1, 0.15) is 35.3 Å². The van der Waals surface area contributed by atoms with Crippen molar-refractivity contribution in [3.63, 3.8) is 0 Å². The molecule has 8 nitrogen and oxygen atoms in total. The highest BCUT2D eigenvalue weighted by Crippen LogP contribution is 2.28. The van der Waals surface area contributed by atoms with Gasteiger partial charge in [0.05, 0.1) is 11.3 Å².